The zero-order valence-corrected chi connectivity index (χ0v) is 39.4. The Balaban J connectivity index is 1.24. The Bertz CT molecular complexity index is 1970. The second-order valence-electron chi connectivity index (χ2n) is 17.7. The SMILES string of the molecule is CCCCCCCC/C=C\CCCCCCCCOC(=O)NCCCC(=O)NC1C[C@H](O[C@@H](C)c2c(O)c3c(c(C)c2C[C@@H](O)C(=O)CO)C(=O)c2cccc(CO)c2C3=O)OC(C)C1O. The normalized spacial score (nSPS) is 19.0. The number of aliphatic hydroxyl groups is 4. The first kappa shape index (κ1) is 54.1. The second kappa shape index (κ2) is 28.0. The molecule has 2 aromatic rings. The summed E-state index contributed by atoms with van der Waals surface area (Å²) in [7, 11) is 0. The van der Waals surface area contributed by atoms with E-state index in [1.807, 2.05) is 0 Å². The monoisotopic (exact) mass is 923 g/mol. The summed E-state index contributed by atoms with van der Waals surface area (Å²) < 4.78 is 17.5. The first-order valence-electron chi connectivity index (χ1n) is 24.1. The molecule has 15 nitrogen and oxygen atoms in total. The quantitative estimate of drug-likeness (QED) is 0.0274. The molecular weight excluding hydrogens is 849 g/mol. The maximum atomic E-state index is 14.0. The van der Waals surface area contributed by atoms with E-state index in [1.54, 1.807) is 6.92 Å². The van der Waals surface area contributed by atoms with Crippen LogP contribution in [0.2, 0.25) is 0 Å². The van der Waals surface area contributed by atoms with E-state index >= 15 is 0 Å². The number of alkyl carbamates (subject to hydrolysis) is 1. The lowest BCUT2D eigenvalue weighted by Crippen LogP contribution is -2.55. The van der Waals surface area contributed by atoms with Gasteiger partial charge in [-0.25, -0.2) is 4.79 Å². The van der Waals surface area contributed by atoms with Crippen LogP contribution in [-0.2, 0) is 36.8 Å². The number of phenolic OH excluding ortho intramolecular Hbond substituents is 1. The number of Topliss-reactive ketones (excluding diaryl/α,β-unsaturated/α-hetero) is 1. The molecule has 366 valence electrons. The summed E-state index contributed by atoms with van der Waals surface area (Å²) in [6, 6.07) is 3.65. The molecule has 2 aromatic carbocycles. The Morgan fingerprint density at radius 1 is 0.894 bits per heavy atom. The van der Waals surface area contributed by atoms with E-state index in [9.17, 15) is 49.5 Å². The van der Waals surface area contributed by atoms with Crippen molar-refractivity contribution in [2.24, 2.45) is 0 Å². The van der Waals surface area contributed by atoms with Gasteiger partial charge in [-0.05, 0) is 76.0 Å². The molecule has 0 spiro atoms. The molecule has 15 heteroatoms. The summed E-state index contributed by atoms with van der Waals surface area (Å²) in [6.45, 7) is 5.93. The third-order valence-electron chi connectivity index (χ3n) is 12.6. The molecule has 0 bridgehead atoms. The Kier molecular flexibility index (Phi) is 22.9. The minimum Gasteiger partial charge on any atom is -0.507 e. The number of ketones is 3. The van der Waals surface area contributed by atoms with E-state index in [4.69, 9.17) is 14.2 Å². The molecule has 4 rings (SSSR count). The van der Waals surface area contributed by atoms with E-state index in [1.165, 1.54) is 89.8 Å². The van der Waals surface area contributed by atoms with Crippen molar-refractivity contribution in [1.82, 2.24) is 10.6 Å². The number of hydrogen-bond acceptors (Lipinski definition) is 13. The number of carbonyl (C=O) groups excluding carboxylic acids is 5. The Morgan fingerprint density at radius 3 is 2.20 bits per heavy atom. The first-order valence-corrected chi connectivity index (χ1v) is 24.1. The molecule has 1 aliphatic heterocycles. The second-order valence-corrected chi connectivity index (χ2v) is 17.7. The van der Waals surface area contributed by atoms with E-state index in [0.29, 0.717) is 13.0 Å². The van der Waals surface area contributed by atoms with Crippen molar-refractivity contribution in [2.45, 2.75) is 187 Å². The third-order valence-corrected chi connectivity index (χ3v) is 12.6. The number of nitrogens with one attached hydrogen (secondary N) is 2. The maximum Gasteiger partial charge on any atom is 0.407 e. The summed E-state index contributed by atoms with van der Waals surface area (Å²) in [5, 5.41) is 58.5. The Hall–Kier alpha value is -4.51. The highest BCUT2D eigenvalue weighted by atomic mass is 16.7. The predicted molar refractivity (Wildman–Crippen MR) is 248 cm³/mol. The molecule has 1 fully saturated rings. The number of aromatic hydroxyl groups is 1. The molecule has 2 aliphatic rings. The number of benzene rings is 2. The van der Waals surface area contributed by atoms with Crippen LogP contribution >= 0.6 is 0 Å². The number of allylic oxidation sites excluding steroid dienone is 2. The van der Waals surface area contributed by atoms with Gasteiger partial charge in [0.1, 0.15) is 24.6 Å². The highest BCUT2D eigenvalue weighted by Crippen LogP contribution is 2.44. The Labute approximate surface area is 389 Å². The van der Waals surface area contributed by atoms with Crippen LogP contribution in [0.5, 0.6) is 5.75 Å². The lowest BCUT2D eigenvalue weighted by atomic mass is 9.76. The van der Waals surface area contributed by atoms with Crippen molar-refractivity contribution >= 4 is 29.4 Å². The van der Waals surface area contributed by atoms with Crippen LogP contribution in [0.25, 0.3) is 0 Å². The van der Waals surface area contributed by atoms with Crippen LogP contribution in [0.4, 0.5) is 4.79 Å². The molecule has 1 saturated heterocycles. The lowest BCUT2D eigenvalue weighted by Gasteiger charge is -2.39. The molecule has 6 atom stereocenters. The highest BCUT2D eigenvalue weighted by Gasteiger charge is 2.41. The summed E-state index contributed by atoms with van der Waals surface area (Å²) in [6.07, 6.45) is 14.9. The number of ether oxygens (including phenoxy) is 3. The van der Waals surface area contributed by atoms with E-state index in [2.05, 4.69) is 29.7 Å². The summed E-state index contributed by atoms with van der Waals surface area (Å²) in [5.74, 6) is -3.21. The summed E-state index contributed by atoms with van der Waals surface area (Å²) >= 11 is 0. The highest BCUT2D eigenvalue weighted by molar-refractivity contribution is 6.30. The van der Waals surface area contributed by atoms with Crippen LogP contribution in [0, 0.1) is 6.92 Å². The number of carbonyl (C=O) groups is 5. The minimum absolute atomic E-state index is 0.0147. The van der Waals surface area contributed by atoms with Crippen LogP contribution in [0.3, 0.4) is 0 Å². The van der Waals surface area contributed by atoms with E-state index < -0.39 is 85.6 Å². The fraction of sp³-hybridized carbons (Fsp3) is 0.627. The van der Waals surface area contributed by atoms with Crippen molar-refractivity contribution < 1.29 is 63.7 Å². The fourth-order valence-corrected chi connectivity index (χ4v) is 8.86. The van der Waals surface area contributed by atoms with Gasteiger partial charge in [-0.15, -0.1) is 0 Å². The van der Waals surface area contributed by atoms with Crippen LogP contribution < -0.4 is 10.6 Å². The van der Waals surface area contributed by atoms with Crippen molar-refractivity contribution in [2.75, 3.05) is 19.8 Å². The first-order chi connectivity index (χ1) is 31.7. The number of amides is 2. The van der Waals surface area contributed by atoms with Gasteiger partial charge >= 0.3 is 6.09 Å². The maximum absolute atomic E-state index is 14.0. The molecule has 1 aliphatic carbocycles. The van der Waals surface area contributed by atoms with Gasteiger partial charge < -0.3 is 50.4 Å². The predicted octanol–water partition coefficient (Wildman–Crippen LogP) is 7.04. The zero-order chi connectivity index (χ0) is 48.2. The topological polar surface area (TPSA) is 238 Å². The molecule has 7 N–H and O–H groups in total. The van der Waals surface area contributed by atoms with Gasteiger partial charge in [-0.2, -0.15) is 0 Å². The molecule has 0 saturated carbocycles. The Morgan fingerprint density at radius 2 is 1.55 bits per heavy atom. The standard InChI is InChI=1S/C51H74N2O13/c1-5-6-7-8-9-10-11-12-13-14-15-16-17-18-19-20-27-64-51(63)52-26-22-25-41(58)53-38-29-42(66-34(4)47(38)59)65-33(3)44-37(28-39(56)40(57)31-55)32(2)43-46(49(44)61)50(62)45-35(30-54)23-21-24-36(45)48(43)60/h12-13,21,23-24,33-34,38-39,42,47,54-56,59,61H,5-11,14-20,22,25-31H2,1-4H3,(H,52,63)(H,53,58)/b13-12-/t33-,34?,38?,39+,42+,47?/m0/s1. The van der Waals surface area contributed by atoms with Gasteiger partial charge in [-0.1, -0.05) is 95.1 Å². The van der Waals surface area contributed by atoms with Gasteiger partial charge in [0.25, 0.3) is 0 Å². The summed E-state index contributed by atoms with van der Waals surface area (Å²) in [5.41, 5.74) is 0.0450. The average molecular weight is 923 g/mol. The molecule has 66 heavy (non-hydrogen) atoms. The largest absolute Gasteiger partial charge is 0.507 e. The number of phenols is 1. The number of unbranched alkanes of at least 4 members (excludes halogenated alkanes) is 12. The molecule has 0 radical (unpaired) electrons. The molecular formula is C51H74N2O13. The number of fused-ring (bicyclic) bond motifs is 2. The number of hydrogen-bond donors (Lipinski definition) is 7. The van der Waals surface area contributed by atoms with Crippen molar-refractivity contribution in [3.8, 4) is 5.75 Å². The number of aliphatic hydroxyl groups excluding tert-OH is 4. The van der Waals surface area contributed by atoms with Gasteiger partial charge in [0.2, 0.25) is 5.91 Å². The van der Waals surface area contributed by atoms with Crippen LogP contribution in [-0.4, -0.2) is 105 Å². The molecule has 3 unspecified atom stereocenters. The molecule has 1 heterocycles. The van der Waals surface area contributed by atoms with Crippen molar-refractivity contribution in [3.05, 3.63) is 74.9 Å². The van der Waals surface area contributed by atoms with Gasteiger partial charge in [0.15, 0.2) is 23.6 Å². The van der Waals surface area contributed by atoms with Crippen molar-refractivity contribution in [1.29, 1.82) is 0 Å². The van der Waals surface area contributed by atoms with E-state index in [0.717, 1.165) is 32.1 Å². The third kappa shape index (κ3) is 15.3. The van der Waals surface area contributed by atoms with Crippen LogP contribution in [0.15, 0.2) is 30.4 Å². The lowest BCUT2D eigenvalue weighted by molar-refractivity contribution is -0.240. The van der Waals surface area contributed by atoms with E-state index in [-0.39, 0.29) is 69.8 Å². The number of rotatable bonds is 29. The summed E-state index contributed by atoms with van der Waals surface area (Å²) in [4.78, 5) is 65.5. The van der Waals surface area contributed by atoms with Gasteiger partial charge in [0.05, 0.1) is 37.0 Å². The van der Waals surface area contributed by atoms with Gasteiger partial charge in [-0.3, -0.25) is 19.2 Å². The van der Waals surface area contributed by atoms with Gasteiger partial charge in [0, 0.05) is 48.1 Å². The van der Waals surface area contributed by atoms with Crippen LogP contribution in [0.1, 0.15) is 190 Å². The molecule has 0 aromatic heterocycles. The fourth-order valence-electron chi connectivity index (χ4n) is 8.86. The smallest absolute Gasteiger partial charge is 0.407 e. The molecule has 2 amide bonds. The zero-order valence-electron chi connectivity index (χ0n) is 39.4. The van der Waals surface area contributed by atoms with Crippen molar-refractivity contribution in [3.63, 3.8) is 0 Å². The average Bonchev–Trinajstić information content (AvgIpc) is 3.29. The minimum atomic E-state index is -1.73.